The normalized spacial score (nSPS) is 10.3. The lowest BCUT2D eigenvalue weighted by Gasteiger charge is -2.12. The summed E-state index contributed by atoms with van der Waals surface area (Å²) in [6.45, 7) is 1.66. The highest BCUT2D eigenvalue weighted by Crippen LogP contribution is 2.34. The minimum absolute atomic E-state index is 0.0343. The molecule has 0 atom stereocenters. The molecule has 0 aliphatic rings. The quantitative estimate of drug-likeness (QED) is 0.430. The summed E-state index contributed by atoms with van der Waals surface area (Å²) in [5.74, 6) is 1.34. The van der Waals surface area contributed by atoms with E-state index in [-0.39, 0.29) is 5.69 Å². The number of hydrogen-bond donors (Lipinski definition) is 0. The van der Waals surface area contributed by atoms with Crippen LogP contribution in [0.5, 0.6) is 11.5 Å². The zero-order chi connectivity index (χ0) is 14.7. The molecule has 4 nitrogen and oxygen atoms in total. The van der Waals surface area contributed by atoms with E-state index in [9.17, 15) is 10.1 Å². The van der Waals surface area contributed by atoms with Gasteiger partial charge in [0.25, 0.3) is 5.69 Å². The van der Waals surface area contributed by atoms with Crippen molar-refractivity contribution in [2.24, 2.45) is 0 Å². The fraction of sp³-hybridized carbons (Fsp3) is 0.143. The zero-order valence-electron chi connectivity index (χ0n) is 10.6. The van der Waals surface area contributed by atoms with Crippen LogP contribution in [-0.2, 0) is 5.88 Å². The van der Waals surface area contributed by atoms with Crippen LogP contribution in [0.4, 0.5) is 5.69 Å². The molecule has 0 radical (unpaired) electrons. The summed E-state index contributed by atoms with van der Waals surface area (Å²) in [5, 5.41) is 10.9. The summed E-state index contributed by atoms with van der Waals surface area (Å²) >= 11 is 9.25. The third kappa shape index (κ3) is 3.11. The Kier molecular flexibility index (Phi) is 4.62. The number of benzene rings is 2. The van der Waals surface area contributed by atoms with Crippen molar-refractivity contribution in [3.8, 4) is 11.5 Å². The maximum absolute atomic E-state index is 10.9. The zero-order valence-corrected chi connectivity index (χ0v) is 12.9. The van der Waals surface area contributed by atoms with Crippen LogP contribution in [0.15, 0.2) is 40.9 Å². The predicted molar refractivity (Wildman–Crippen MR) is 81.6 cm³/mol. The van der Waals surface area contributed by atoms with Gasteiger partial charge in [-0.15, -0.1) is 11.6 Å². The number of alkyl halides is 1. The average molecular weight is 357 g/mol. The van der Waals surface area contributed by atoms with E-state index in [0.29, 0.717) is 22.9 Å². The summed E-state index contributed by atoms with van der Waals surface area (Å²) in [4.78, 5) is 10.5. The Bertz CT molecular complexity index is 661. The molecule has 0 N–H and O–H groups in total. The maximum Gasteiger partial charge on any atom is 0.276 e. The van der Waals surface area contributed by atoms with Crippen molar-refractivity contribution >= 4 is 33.2 Å². The molecular weight excluding hydrogens is 346 g/mol. The van der Waals surface area contributed by atoms with Crippen molar-refractivity contribution in [1.82, 2.24) is 0 Å². The van der Waals surface area contributed by atoms with E-state index in [2.05, 4.69) is 15.9 Å². The summed E-state index contributed by atoms with van der Waals surface area (Å²) in [7, 11) is 0. The van der Waals surface area contributed by atoms with Crippen LogP contribution in [0.2, 0.25) is 0 Å². The predicted octanol–water partition coefficient (Wildman–Crippen LogP) is 5.20. The second-order valence-electron chi connectivity index (χ2n) is 4.15. The molecule has 2 aromatic rings. The molecule has 2 rings (SSSR count). The molecule has 0 amide bonds. The van der Waals surface area contributed by atoms with Crippen LogP contribution in [0.25, 0.3) is 0 Å². The van der Waals surface area contributed by atoms with Crippen LogP contribution < -0.4 is 4.74 Å². The van der Waals surface area contributed by atoms with Gasteiger partial charge in [-0.3, -0.25) is 10.1 Å². The molecule has 0 unspecified atom stereocenters. The third-order valence-electron chi connectivity index (χ3n) is 2.84. The molecule has 104 valence electrons. The van der Waals surface area contributed by atoms with Crippen LogP contribution in [0.3, 0.4) is 0 Å². The molecule has 6 heteroatoms. The smallest absolute Gasteiger partial charge is 0.276 e. The topological polar surface area (TPSA) is 52.4 Å². The van der Waals surface area contributed by atoms with Crippen molar-refractivity contribution in [2.75, 3.05) is 0 Å². The van der Waals surface area contributed by atoms with Crippen LogP contribution in [0.1, 0.15) is 11.1 Å². The van der Waals surface area contributed by atoms with Gasteiger partial charge in [-0.2, -0.15) is 0 Å². The highest BCUT2D eigenvalue weighted by atomic mass is 79.9. The minimum atomic E-state index is -0.424. The monoisotopic (exact) mass is 355 g/mol. The Hall–Kier alpha value is -1.59. The number of nitro benzene ring substituents is 1. The summed E-state index contributed by atoms with van der Waals surface area (Å²) in [6, 6.07) is 10.2. The first-order valence-corrected chi connectivity index (χ1v) is 7.12. The van der Waals surface area contributed by atoms with E-state index in [1.165, 1.54) is 6.07 Å². The molecule has 2 aromatic carbocycles. The molecule has 0 bridgehead atoms. The van der Waals surface area contributed by atoms with E-state index in [0.717, 1.165) is 10.0 Å². The molecule has 0 aromatic heterocycles. The average Bonchev–Trinajstić information content (AvgIpc) is 2.42. The first kappa shape index (κ1) is 14.8. The van der Waals surface area contributed by atoms with Gasteiger partial charge in [-0.05, 0) is 31.2 Å². The van der Waals surface area contributed by atoms with E-state index in [1.54, 1.807) is 25.1 Å². The van der Waals surface area contributed by atoms with Gasteiger partial charge in [0.15, 0.2) is 0 Å². The lowest BCUT2D eigenvalue weighted by Crippen LogP contribution is -1.96. The first-order chi connectivity index (χ1) is 9.52. The number of rotatable bonds is 4. The second kappa shape index (κ2) is 6.24. The fourth-order valence-corrected chi connectivity index (χ4v) is 2.40. The van der Waals surface area contributed by atoms with E-state index >= 15 is 0 Å². The van der Waals surface area contributed by atoms with Crippen molar-refractivity contribution in [2.45, 2.75) is 12.8 Å². The Labute approximate surface area is 129 Å². The maximum atomic E-state index is 10.9. The van der Waals surface area contributed by atoms with Crippen molar-refractivity contribution in [3.63, 3.8) is 0 Å². The molecule has 0 saturated carbocycles. The third-order valence-corrected chi connectivity index (χ3v) is 3.62. The van der Waals surface area contributed by atoms with Crippen LogP contribution in [-0.4, -0.2) is 4.92 Å². The molecule has 0 aliphatic carbocycles. The molecule has 20 heavy (non-hydrogen) atoms. The van der Waals surface area contributed by atoms with Gasteiger partial charge >= 0.3 is 0 Å². The van der Waals surface area contributed by atoms with Crippen molar-refractivity contribution in [3.05, 3.63) is 62.1 Å². The largest absolute Gasteiger partial charge is 0.456 e. The van der Waals surface area contributed by atoms with Crippen LogP contribution in [0, 0.1) is 17.0 Å². The number of ether oxygens (including phenoxy) is 1. The van der Waals surface area contributed by atoms with Gasteiger partial charge < -0.3 is 4.74 Å². The second-order valence-corrected chi connectivity index (χ2v) is 5.33. The minimum Gasteiger partial charge on any atom is -0.456 e. The van der Waals surface area contributed by atoms with Gasteiger partial charge in [0, 0.05) is 16.1 Å². The Morgan fingerprint density at radius 1 is 1.30 bits per heavy atom. The number of hydrogen-bond acceptors (Lipinski definition) is 3. The molecule has 0 heterocycles. The first-order valence-electron chi connectivity index (χ1n) is 5.79. The van der Waals surface area contributed by atoms with E-state index < -0.39 is 4.92 Å². The Balaban J connectivity index is 2.40. The molecule has 0 aliphatic heterocycles. The molecule has 0 saturated heterocycles. The van der Waals surface area contributed by atoms with E-state index in [1.807, 2.05) is 12.1 Å². The van der Waals surface area contributed by atoms with Gasteiger partial charge in [-0.25, -0.2) is 0 Å². The van der Waals surface area contributed by atoms with Gasteiger partial charge in [0.05, 0.1) is 16.4 Å². The molecule has 0 spiro atoms. The summed E-state index contributed by atoms with van der Waals surface area (Å²) in [5.41, 5.74) is 1.33. The van der Waals surface area contributed by atoms with Gasteiger partial charge in [0.1, 0.15) is 11.5 Å². The Morgan fingerprint density at radius 3 is 2.70 bits per heavy atom. The van der Waals surface area contributed by atoms with E-state index in [4.69, 9.17) is 16.3 Å². The number of nitrogens with zero attached hydrogens (tertiary/aromatic N) is 1. The highest BCUT2D eigenvalue weighted by molar-refractivity contribution is 9.10. The lowest BCUT2D eigenvalue weighted by atomic mass is 10.1. The fourth-order valence-electron chi connectivity index (χ4n) is 1.78. The molecule has 0 fully saturated rings. The van der Waals surface area contributed by atoms with Gasteiger partial charge in [-0.1, -0.05) is 22.0 Å². The van der Waals surface area contributed by atoms with Gasteiger partial charge in [0.2, 0.25) is 0 Å². The standard InChI is InChI=1S/C14H11BrClNO3/c1-9-12(17(18)19)3-2-4-13(9)20-14-6-5-11(15)7-10(14)8-16/h2-7H,8H2,1H3. The van der Waals surface area contributed by atoms with Crippen LogP contribution >= 0.6 is 27.5 Å². The Morgan fingerprint density at radius 2 is 2.05 bits per heavy atom. The number of halogens is 2. The van der Waals surface area contributed by atoms with Crippen molar-refractivity contribution < 1.29 is 9.66 Å². The number of nitro groups is 1. The summed E-state index contributed by atoms with van der Waals surface area (Å²) < 4.78 is 6.67. The van der Waals surface area contributed by atoms with Crippen molar-refractivity contribution in [1.29, 1.82) is 0 Å². The molecular formula is C14H11BrClNO3. The lowest BCUT2D eigenvalue weighted by molar-refractivity contribution is -0.385. The summed E-state index contributed by atoms with van der Waals surface area (Å²) in [6.07, 6.45) is 0. The SMILES string of the molecule is Cc1c(Oc2ccc(Br)cc2CCl)cccc1[N+](=O)[O-]. The highest BCUT2D eigenvalue weighted by Gasteiger charge is 2.15.